The van der Waals surface area contributed by atoms with Crippen molar-refractivity contribution in [3.05, 3.63) is 131 Å². The number of benzene rings is 4. The number of aliphatic hydroxyl groups is 5. The number of esters is 1. The minimum Gasteiger partial charge on any atom is -0.497 e. The Morgan fingerprint density at radius 3 is 1.64 bits per heavy atom. The highest BCUT2D eigenvalue weighted by molar-refractivity contribution is 5.71. The standard InChI is InChI=1S/C48H60O10/c1-31(2)46(3)28-36(24-32-16-20-37(55-4)21-17-32)39(25-33-18-22-38(56-5)23-19-33)40(29-46)57-30-41(49)58-45-44(52)47(53,26-34-12-8-6-9-13-34)42(50)43(51)48(45,54)27-35-14-10-7-11-15-35/h6-23,31,36,39-40,42-45,50-54H,24-30H2,1-5H3/t36?,39?,40?,42-,43-,44-,45+,46?,47+,48+/m1/s1. The third-order valence-electron chi connectivity index (χ3n) is 13.1. The van der Waals surface area contributed by atoms with Gasteiger partial charge in [-0.25, -0.2) is 4.79 Å². The smallest absolute Gasteiger partial charge is 0.332 e. The van der Waals surface area contributed by atoms with Gasteiger partial charge in [-0.15, -0.1) is 0 Å². The van der Waals surface area contributed by atoms with Gasteiger partial charge in [0.2, 0.25) is 0 Å². The van der Waals surface area contributed by atoms with Gasteiger partial charge < -0.3 is 44.5 Å². The molecule has 4 aromatic carbocycles. The second-order valence-corrected chi connectivity index (χ2v) is 17.1. The van der Waals surface area contributed by atoms with Crippen molar-refractivity contribution in [1.82, 2.24) is 0 Å². The van der Waals surface area contributed by atoms with Crippen LogP contribution in [0.1, 0.15) is 55.9 Å². The van der Waals surface area contributed by atoms with Gasteiger partial charge in [-0.3, -0.25) is 0 Å². The van der Waals surface area contributed by atoms with E-state index in [9.17, 15) is 30.3 Å². The summed E-state index contributed by atoms with van der Waals surface area (Å²) in [6, 6.07) is 33.6. The van der Waals surface area contributed by atoms with Crippen LogP contribution in [0, 0.1) is 23.2 Å². The van der Waals surface area contributed by atoms with E-state index in [-0.39, 0.29) is 36.2 Å². The molecule has 2 aliphatic carbocycles. The number of aliphatic hydroxyl groups excluding tert-OH is 3. The van der Waals surface area contributed by atoms with Crippen molar-refractivity contribution in [2.24, 2.45) is 23.2 Å². The molecule has 4 unspecified atom stereocenters. The van der Waals surface area contributed by atoms with Crippen LogP contribution in [0.2, 0.25) is 0 Å². The molecule has 58 heavy (non-hydrogen) atoms. The fourth-order valence-electron chi connectivity index (χ4n) is 9.22. The van der Waals surface area contributed by atoms with Crippen molar-refractivity contribution in [1.29, 1.82) is 0 Å². The molecule has 2 fully saturated rings. The van der Waals surface area contributed by atoms with Gasteiger partial charge in [0, 0.05) is 12.8 Å². The molecule has 0 aliphatic heterocycles. The van der Waals surface area contributed by atoms with E-state index in [1.54, 1.807) is 74.9 Å². The summed E-state index contributed by atoms with van der Waals surface area (Å²) < 4.78 is 23.4. The van der Waals surface area contributed by atoms with Crippen molar-refractivity contribution in [3.8, 4) is 11.5 Å². The van der Waals surface area contributed by atoms with Gasteiger partial charge in [0.1, 0.15) is 47.6 Å². The fourth-order valence-corrected chi connectivity index (χ4v) is 9.22. The minimum absolute atomic E-state index is 0.00154. The van der Waals surface area contributed by atoms with E-state index in [1.165, 1.54) is 5.56 Å². The molecular weight excluding hydrogens is 737 g/mol. The van der Waals surface area contributed by atoms with Gasteiger partial charge in [-0.1, -0.05) is 106 Å². The normalized spacial score (nSPS) is 31.1. The lowest BCUT2D eigenvalue weighted by Gasteiger charge is -2.54. The van der Waals surface area contributed by atoms with Crippen LogP contribution in [0.25, 0.3) is 0 Å². The molecule has 10 nitrogen and oxygen atoms in total. The monoisotopic (exact) mass is 796 g/mol. The summed E-state index contributed by atoms with van der Waals surface area (Å²) in [5.41, 5.74) is -1.47. The number of ether oxygens (including phenoxy) is 4. The van der Waals surface area contributed by atoms with E-state index in [2.05, 4.69) is 45.0 Å². The number of rotatable bonds is 15. The van der Waals surface area contributed by atoms with E-state index in [0.717, 1.165) is 29.9 Å². The second kappa shape index (κ2) is 18.3. The molecule has 0 aromatic heterocycles. The van der Waals surface area contributed by atoms with Gasteiger partial charge in [0.25, 0.3) is 0 Å². The Bertz CT molecular complexity index is 1900. The molecule has 2 saturated carbocycles. The van der Waals surface area contributed by atoms with Crippen LogP contribution in [0.5, 0.6) is 11.5 Å². The maximum atomic E-state index is 14.0. The van der Waals surface area contributed by atoms with Crippen LogP contribution >= 0.6 is 0 Å². The third-order valence-corrected chi connectivity index (χ3v) is 13.1. The van der Waals surface area contributed by atoms with Crippen molar-refractivity contribution < 1.29 is 49.3 Å². The van der Waals surface area contributed by atoms with Gasteiger partial charge in [0.15, 0.2) is 6.10 Å². The summed E-state index contributed by atoms with van der Waals surface area (Å²) in [6.07, 6.45) is -5.63. The van der Waals surface area contributed by atoms with Crippen LogP contribution in [0.3, 0.4) is 0 Å². The SMILES string of the molecule is COc1ccc(CC2CC(C)(C(C)C)CC(OCC(=O)O[C@H]3[C@@H](O)[C@](O)(Cc4ccccc4)[C@H](O)[C@@H](O)[C@@]3(O)Cc3ccccc3)C2Cc2ccc(OC)cc2)cc1. The summed E-state index contributed by atoms with van der Waals surface area (Å²) in [4.78, 5) is 14.0. The summed E-state index contributed by atoms with van der Waals surface area (Å²) in [5.74, 6) is 1.15. The van der Waals surface area contributed by atoms with E-state index in [1.807, 2.05) is 24.3 Å². The average molecular weight is 797 g/mol. The Balaban J connectivity index is 1.29. The first kappa shape index (κ1) is 43.3. The highest BCUT2D eigenvalue weighted by atomic mass is 16.6. The lowest BCUT2D eigenvalue weighted by Crippen LogP contribution is -2.77. The topological polar surface area (TPSA) is 155 Å². The summed E-state index contributed by atoms with van der Waals surface area (Å²) in [7, 11) is 3.29. The highest BCUT2D eigenvalue weighted by Crippen LogP contribution is 2.50. The maximum absolute atomic E-state index is 14.0. The zero-order chi connectivity index (χ0) is 41.7. The first-order valence-corrected chi connectivity index (χ1v) is 20.3. The van der Waals surface area contributed by atoms with Crippen LogP contribution in [0.4, 0.5) is 0 Å². The Hall–Kier alpha value is -4.29. The first-order valence-electron chi connectivity index (χ1n) is 20.3. The van der Waals surface area contributed by atoms with Crippen molar-refractivity contribution >= 4 is 5.97 Å². The summed E-state index contributed by atoms with van der Waals surface area (Å²) in [6.45, 7) is 6.20. The van der Waals surface area contributed by atoms with E-state index >= 15 is 0 Å². The molecule has 4 aromatic rings. The fraction of sp³-hybridized carbons (Fsp3) is 0.479. The van der Waals surface area contributed by atoms with Crippen LogP contribution in [-0.2, 0) is 40.0 Å². The van der Waals surface area contributed by atoms with E-state index in [4.69, 9.17) is 18.9 Å². The predicted octanol–water partition coefficient (Wildman–Crippen LogP) is 5.52. The van der Waals surface area contributed by atoms with Crippen molar-refractivity contribution in [2.45, 2.75) is 101 Å². The lowest BCUT2D eigenvalue weighted by molar-refractivity contribution is -0.305. The minimum atomic E-state index is -2.38. The quantitative estimate of drug-likeness (QED) is 0.0973. The number of carbonyl (C=O) groups excluding carboxylic acids is 1. The Morgan fingerprint density at radius 1 is 0.655 bits per heavy atom. The lowest BCUT2D eigenvalue weighted by atomic mass is 9.58. The Morgan fingerprint density at radius 2 is 1.14 bits per heavy atom. The zero-order valence-corrected chi connectivity index (χ0v) is 34.2. The van der Waals surface area contributed by atoms with Gasteiger partial charge in [-0.2, -0.15) is 0 Å². The molecule has 5 N–H and O–H groups in total. The molecule has 0 bridgehead atoms. The molecule has 0 spiro atoms. The second-order valence-electron chi connectivity index (χ2n) is 17.1. The number of carbonyl (C=O) groups is 1. The number of methoxy groups -OCH3 is 2. The van der Waals surface area contributed by atoms with Gasteiger partial charge >= 0.3 is 5.97 Å². The highest BCUT2D eigenvalue weighted by Gasteiger charge is 2.66. The van der Waals surface area contributed by atoms with Crippen LogP contribution in [-0.4, -0.2) is 94.1 Å². The first-order chi connectivity index (χ1) is 27.7. The third kappa shape index (κ3) is 9.44. The molecule has 6 rings (SSSR count). The van der Waals surface area contributed by atoms with Crippen molar-refractivity contribution in [3.63, 3.8) is 0 Å². The number of hydrogen-bond donors (Lipinski definition) is 5. The summed E-state index contributed by atoms with van der Waals surface area (Å²) in [5, 5.41) is 59.0. The molecule has 10 atom stereocenters. The van der Waals surface area contributed by atoms with E-state index < -0.39 is 48.2 Å². The molecule has 0 heterocycles. The molecule has 2 aliphatic rings. The molecule has 0 saturated heterocycles. The number of hydrogen-bond acceptors (Lipinski definition) is 10. The average Bonchev–Trinajstić information content (AvgIpc) is 3.22. The molecule has 0 amide bonds. The van der Waals surface area contributed by atoms with Gasteiger partial charge in [-0.05, 0) is 95.4 Å². The Labute approximate surface area is 342 Å². The molecular formula is C48H60O10. The summed E-state index contributed by atoms with van der Waals surface area (Å²) >= 11 is 0. The zero-order valence-electron chi connectivity index (χ0n) is 34.2. The van der Waals surface area contributed by atoms with Crippen molar-refractivity contribution in [2.75, 3.05) is 20.8 Å². The maximum Gasteiger partial charge on any atom is 0.332 e. The van der Waals surface area contributed by atoms with E-state index in [0.29, 0.717) is 29.9 Å². The van der Waals surface area contributed by atoms with Crippen LogP contribution in [0.15, 0.2) is 109 Å². The van der Waals surface area contributed by atoms with Crippen LogP contribution < -0.4 is 9.47 Å². The van der Waals surface area contributed by atoms with Gasteiger partial charge in [0.05, 0.1) is 20.3 Å². The Kier molecular flexibility index (Phi) is 13.7. The molecule has 10 heteroatoms. The molecule has 0 radical (unpaired) electrons. The predicted molar refractivity (Wildman–Crippen MR) is 220 cm³/mol. The largest absolute Gasteiger partial charge is 0.497 e. The molecule has 312 valence electrons.